The van der Waals surface area contributed by atoms with Gasteiger partial charge in [0.1, 0.15) is 5.78 Å². The Balaban J connectivity index is 2.33. The number of carbonyl (C=O) groups is 2. The van der Waals surface area contributed by atoms with Gasteiger partial charge in [0.15, 0.2) is 11.6 Å². The molecule has 0 N–H and O–H groups in total. The molecule has 0 amide bonds. The second kappa shape index (κ2) is 7.25. The van der Waals surface area contributed by atoms with E-state index in [0.717, 1.165) is 6.92 Å². The minimum Gasteiger partial charge on any atom is -0.299 e. The van der Waals surface area contributed by atoms with Crippen molar-refractivity contribution in [2.75, 3.05) is 0 Å². The molecule has 0 heterocycles. The zero-order valence-corrected chi connectivity index (χ0v) is 13.0. The summed E-state index contributed by atoms with van der Waals surface area (Å²) in [5.74, 6) is -7.65. The predicted molar refractivity (Wildman–Crippen MR) is 81.8 cm³/mol. The van der Waals surface area contributed by atoms with Gasteiger partial charge in [0.05, 0.1) is 16.9 Å². The van der Waals surface area contributed by atoms with Crippen LogP contribution in [0.3, 0.4) is 0 Å². The highest BCUT2D eigenvalue weighted by molar-refractivity contribution is 6.09. The largest absolute Gasteiger partial charge is 0.311 e. The maximum Gasteiger partial charge on any atom is 0.311 e. The van der Waals surface area contributed by atoms with Crippen LogP contribution in [0.2, 0.25) is 0 Å². The molecule has 25 heavy (non-hydrogen) atoms. The SMILES string of the molecule is Cc1c(C(=O)CC(=O)Cc2ccccc2)c(F)c(F)c(F)c1[N+](=O)[O-]. The number of rotatable bonds is 6. The summed E-state index contributed by atoms with van der Waals surface area (Å²) in [5.41, 5.74) is -2.34. The van der Waals surface area contributed by atoms with Crippen molar-refractivity contribution in [3.8, 4) is 0 Å². The lowest BCUT2D eigenvalue weighted by atomic mass is 9.96. The fourth-order valence-electron chi connectivity index (χ4n) is 2.46. The molecule has 8 heteroatoms. The number of nitrogens with zero attached hydrogens (tertiary/aromatic N) is 1. The molecule has 0 aliphatic rings. The summed E-state index contributed by atoms with van der Waals surface area (Å²) in [7, 11) is 0. The van der Waals surface area contributed by atoms with E-state index in [1.54, 1.807) is 30.3 Å². The van der Waals surface area contributed by atoms with Gasteiger partial charge in [0, 0.05) is 12.0 Å². The molecular formula is C17H12F3NO4. The first-order valence-electron chi connectivity index (χ1n) is 7.14. The molecule has 0 bridgehead atoms. The van der Waals surface area contributed by atoms with Crippen molar-refractivity contribution in [3.05, 3.63) is 74.6 Å². The third-order valence-electron chi connectivity index (χ3n) is 3.61. The Morgan fingerprint density at radius 3 is 2.20 bits per heavy atom. The van der Waals surface area contributed by atoms with Crippen LogP contribution in [0.1, 0.15) is 27.9 Å². The molecule has 130 valence electrons. The summed E-state index contributed by atoms with van der Waals surface area (Å²) < 4.78 is 41.0. The standard InChI is InChI=1S/C17H12F3NO4/c1-9-13(14(18)15(19)16(20)17(9)21(24)25)12(23)8-11(22)7-10-5-3-2-4-6-10/h2-6H,7-8H2,1H3. The molecule has 0 fully saturated rings. The number of benzene rings is 2. The van der Waals surface area contributed by atoms with Gasteiger partial charge in [-0.05, 0) is 12.5 Å². The lowest BCUT2D eigenvalue weighted by Gasteiger charge is -2.09. The Hall–Kier alpha value is -3.03. The number of Topliss-reactive ketones (excluding diaryl/α,β-unsaturated/α-hetero) is 2. The molecule has 0 aliphatic heterocycles. The average molecular weight is 351 g/mol. The van der Waals surface area contributed by atoms with Gasteiger partial charge in [-0.1, -0.05) is 30.3 Å². The lowest BCUT2D eigenvalue weighted by Crippen LogP contribution is -2.16. The molecule has 0 spiro atoms. The van der Waals surface area contributed by atoms with Crippen molar-refractivity contribution < 1.29 is 27.7 Å². The van der Waals surface area contributed by atoms with Crippen molar-refractivity contribution in [2.45, 2.75) is 19.8 Å². The van der Waals surface area contributed by atoms with Crippen LogP contribution in [-0.2, 0) is 11.2 Å². The normalized spacial score (nSPS) is 10.6. The summed E-state index contributed by atoms with van der Waals surface area (Å²) in [4.78, 5) is 33.7. The van der Waals surface area contributed by atoms with Crippen LogP contribution in [0.15, 0.2) is 30.3 Å². The quantitative estimate of drug-likeness (QED) is 0.261. The minimum absolute atomic E-state index is 0.112. The van der Waals surface area contributed by atoms with E-state index in [1.165, 1.54) is 0 Å². The summed E-state index contributed by atoms with van der Waals surface area (Å²) in [5, 5.41) is 10.8. The predicted octanol–water partition coefficient (Wildman–Crippen LogP) is 3.71. The van der Waals surface area contributed by atoms with Gasteiger partial charge in [-0.3, -0.25) is 19.7 Å². The Morgan fingerprint density at radius 2 is 1.64 bits per heavy atom. The molecule has 2 aromatic carbocycles. The highest BCUT2D eigenvalue weighted by atomic mass is 19.2. The first-order chi connectivity index (χ1) is 11.7. The van der Waals surface area contributed by atoms with E-state index in [1.807, 2.05) is 0 Å². The summed E-state index contributed by atoms with van der Waals surface area (Å²) in [6.45, 7) is 0.929. The van der Waals surface area contributed by atoms with Crippen LogP contribution < -0.4 is 0 Å². The van der Waals surface area contributed by atoms with Crippen molar-refractivity contribution in [2.24, 2.45) is 0 Å². The van der Waals surface area contributed by atoms with Crippen molar-refractivity contribution >= 4 is 17.3 Å². The number of halogens is 3. The number of ketones is 2. The average Bonchev–Trinajstić information content (AvgIpc) is 2.53. The van der Waals surface area contributed by atoms with E-state index in [2.05, 4.69) is 0 Å². The topological polar surface area (TPSA) is 77.3 Å². The molecule has 2 aromatic rings. The minimum atomic E-state index is -2.11. The van der Waals surface area contributed by atoms with Crippen LogP contribution in [0, 0.1) is 34.5 Å². The van der Waals surface area contributed by atoms with E-state index < -0.39 is 57.2 Å². The molecule has 0 aliphatic carbocycles. The Morgan fingerprint density at radius 1 is 1.04 bits per heavy atom. The van der Waals surface area contributed by atoms with Crippen molar-refractivity contribution in [1.29, 1.82) is 0 Å². The first-order valence-corrected chi connectivity index (χ1v) is 7.14. The smallest absolute Gasteiger partial charge is 0.299 e. The van der Waals surface area contributed by atoms with Crippen molar-refractivity contribution in [1.82, 2.24) is 0 Å². The third kappa shape index (κ3) is 3.73. The monoisotopic (exact) mass is 351 g/mol. The van der Waals surface area contributed by atoms with Crippen LogP contribution in [0.5, 0.6) is 0 Å². The molecular weight excluding hydrogens is 339 g/mol. The van der Waals surface area contributed by atoms with Gasteiger partial charge in [-0.25, -0.2) is 8.78 Å². The van der Waals surface area contributed by atoms with Crippen LogP contribution >= 0.6 is 0 Å². The molecule has 2 rings (SSSR count). The number of nitro benzene ring substituents is 1. The van der Waals surface area contributed by atoms with E-state index in [4.69, 9.17) is 0 Å². The zero-order valence-electron chi connectivity index (χ0n) is 13.0. The van der Waals surface area contributed by atoms with Gasteiger partial charge in [0.2, 0.25) is 11.6 Å². The molecule has 0 atom stereocenters. The fraction of sp³-hybridized carbons (Fsp3) is 0.176. The summed E-state index contributed by atoms with van der Waals surface area (Å²) in [6, 6.07) is 8.41. The molecule has 0 radical (unpaired) electrons. The van der Waals surface area contributed by atoms with E-state index in [-0.39, 0.29) is 6.42 Å². The maximum absolute atomic E-state index is 13.9. The molecule has 0 saturated carbocycles. The van der Waals surface area contributed by atoms with Crippen LogP contribution in [0.4, 0.5) is 18.9 Å². The molecule has 0 aromatic heterocycles. The summed E-state index contributed by atoms with van der Waals surface area (Å²) in [6.07, 6.45) is -0.895. The Kier molecular flexibility index (Phi) is 5.31. The summed E-state index contributed by atoms with van der Waals surface area (Å²) >= 11 is 0. The first kappa shape index (κ1) is 18.3. The van der Waals surface area contributed by atoms with Gasteiger partial charge >= 0.3 is 5.69 Å². The Bertz CT molecular complexity index is 866. The van der Waals surface area contributed by atoms with E-state index in [0.29, 0.717) is 5.56 Å². The maximum atomic E-state index is 13.9. The molecule has 0 saturated heterocycles. The Labute approximate surface area is 140 Å². The van der Waals surface area contributed by atoms with Crippen LogP contribution in [-0.4, -0.2) is 16.5 Å². The number of hydrogen-bond donors (Lipinski definition) is 0. The molecule has 0 unspecified atom stereocenters. The highest BCUT2D eigenvalue weighted by Crippen LogP contribution is 2.31. The van der Waals surface area contributed by atoms with Gasteiger partial charge in [-0.2, -0.15) is 4.39 Å². The van der Waals surface area contributed by atoms with E-state index >= 15 is 0 Å². The highest BCUT2D eigenvalue weighted by Gasteiger charge is 2.33. The number of carbonyl (C=O) groups excluding carboxylic acids is 2. The van der Waals surface area contributed by atoms with Crippen molar-refractivity contribution in [3.63, 3.8) is 0 Å². The fourth-order valence-corrected chi connectivity index (χ4v) is 2.46. The van der Waals surface area contributed by atoms with Gasteiger partial charge in [-0.15, -0.1) is 0 Å². The molecule has 5 nitrogen and oxygen atoms in total. The van der Waals surface area contributed by atoms with E-state index in [9.17, 15) is 32.9 Å². The third-order valence-corrected chi connectivity index (χ3v) is 3.61. The number of nitro groups is 1. The second-order valence-corrected chi connectivity index (χ2v) is 5.35. The van der Waals surface area contributed by atoms with Crippen LogP contribution in [0.25, 0.3) is 0 Å². The van der Waals surface area contributed by atoms with Gasteiger partial charge < -0.3 is 0 Å². The number of hydrogen-bond acceptors (Lipinski definition) is 4. The lowest BCUT2D eigenvalue weighted by molar-refractivity contribution is -0.388. The second-order valence-electron chi connectivity index (χ2n) is 5.35. The zero-order chi connectivity index (χ0) is 18.7. The van der Waals surface area contributed by atoms with Gasteiger partial charge in [0.25, 0.3) is 0 Å².